The molecule has 0 aliphatic rings. The third-order valence-electron chi connectivity index (χ3n) is 3.74. The highest BCUT2D eigenvalue weighted by Crippen LogP contribution is 2.14. The van der Waals surface area contributed by atoms with Crippen molar-refractivity contribution in [2.45, 2.75) is 26.4 Å². The van der Waals surface area contributed by atoms with Gasteiger partial charge in [0, 0.05) is 23.7 Å². The molecule has 2 heterocycles. The predicted octanol–water partition coefficient (Wildman–Crippen LogP) is 3.77. The summed E-state index contributed by atoms with van der Waals surface area (Å²) in [4.78, 5) is 12.1. The zero-order valence-electron chi connectivity index (χ0n) is 13.6. The van der Waals surface area contributed by atoms with E-state index in [-0.39, 0.29) is 5.91 Å². The van der Waals surface area contributed by atoms with Gasteiger partial charge in [-0.2, -0.15) is 10.2 Å². The van der Waals surface area contributed by atoms with E-state index in [0.717, 1.165) is 11.3 Å². The van der Waals surface area contributed by atoms with E-state index in [1.54, 1.807) is 21.6 Å². The van der Waals surface area contributed by atoms with Crippen LogP contribution in [0.1, 0.15) is 17.7 Å². The Balaban J connectivity index is 1.54. The number of anilines is 1. The van der Waals surface area contributed by atoms with Gasteiger partial charge in [0.25, 0.3) is 0 Å². The zero-order valence-corrected chi connectivity index (χ0v) is 15.1. The number of carbonyl (C=O) groups excluding carboxylic acids is 1. The van der Waals surface area contributed by atoms with Gasteiger partial charge in [0.15, 0.2) is 5.82 Å². The Kier molecular flexibility index (Phi) is 5.40. The second kappa shape index (κ2) is 7.72. The molecule has 1 aromatic carbocycles. The molecule has 0 fully saturated rings. The van der Waals surface area contributed by atoms with E-state index < -0.39 is 0 Å². The summed E-state index contributed by atoms with van der Waals surface area (Å²) in [6.07, 6.45) is 3.68. The molecular formula is C17H17Cl2N5O. The summed E-state index contributed by atoms with van der Waals surface area (Å²) in [6.45, 7) is 2.92. The zero-order chi connectivity index (χ0) is 17.8. The predicted molar refractivity (Wildman–Crippen MR) is 98.0 cm³/mol. The van der Waals surface area contributed by atoms with Crippen molar-refractivity contribution < 1.29 is 4.79 Å². The lowest BCUT2D eigenvalue weighted by molar-refractivity contribution is -0.116. The molecule has 0 aliphatic heterocycles. The summed E-state index contributed by atoms with van der Waals surface area (Å²) in [5, 5.41) is 12.5. The lowest BCUT2D eigenvalue weighted by Gasteiger charge is -2.05. The quantitative estimate of drug-likeness (QED) is 0.710. The van der Waals surface area contributed by atoms with Crippen molar-refractivity contribution in [3.05, 3.63) is 64.0 Å². The maximum Gasteiger partial charge on any atom is 0.227 e. The van der Waals surface area contributed by atoms with E-state index in [1.807, 2.05) is 37.4 Å². The molecule has 0 saturated heterocycles. The minimum absolute atomic E-state index is 0.126. The molecule has 25 heavy (non-hydrogen) atoms. The Hall–Kier alpha value is -2.31. The van der Waals surface area contributed by atoms with Gasteiger partial charge in [-0.3, -0.25) is 14.2 Å². The molecule has 3 aromatic rings. The molecule has 0 spiro atoms. The second-order valence-electron chi connectivity index (χ2n) is 5.63. The van der Waals surface area contributed by atoms with E-state index in [0.29, 0.717) is 35.4 Å². The van der Waals surface area contributed by atoms with Gasteiger partial charge in [0.05, 0.1) is 30.0 Å². The number of rotatable bonds is 6. The maximum atomic E-state index is 12.1. The summed E-state index contributed by atoms with van der Waals surface area (Å²) in [5.74, 6) is 0.390. The summed E-state index contributed by atoms with van der Waals surface area (Å²) in [6, 6.07) is 9.35. The molecule has 0 saturated carbocycles. The molecule has 6 nitrogen and oxygen atoms in total. The third-order valence-corrected chi connectivity index (χ3v) is 4.34. The van der Waals surface area contributed by atoms with Gasteiger partial charge in [-0.15, -0.1) is 0 Å². The molecule has 8 heteroatoms. The Labute approximate surface area is 155 Å². The standard InChI is InChI=1S/C17H17Cl2N5O/c1-12-15(19)10-20-24(12)8-6-17(25)21-16-5-7-23(22-16)11-13-3-2-4-14(18)9-13/h2-5,7,9-10H,6,8,11H2,1H3,(H,21,22,25). The fourth-order valence-corrected chi connectivity index (χ4v) is 2.75. The van der Waals surface area contributed by atoms with Gasteiger partial charge < -0.3 is 5.32 Å². The van der Waals surface area contributed by atoms with Crippen molar-refractivity contribution in [3.8, 4) is 0 Å². The van der Waals surface area contributed by atoms with E-state index >= 15 is 0 Å². The third kappa shape index (κ3) is 4.61. The van der Waals surface area contributed by atoms with Gasteiger partial charge in [0.2, 0.25) is 5.91 Å². The van der Waals surface area contributed by atoms with Crippen molar-refractivity contribution in [2.75, 3.05) is 5.32 Å². The molecule has 130 valence electrons. The van der Waals surface area contributed by atoms with Gasteiger partial charge in [-0.25, -0.2) is 0 Å². The summed E-state index contributed by atoms with van der Waals surface area (Å²) in [7, 11) is 0. The monoisotopic (exact) mass is 377 g/mol. The van der Waals surface area contributed by atoms with Crippen LogP contribution in [-0.4, -0.2) is 25.5 Å². The highest BCUT2D eigenvalue weighted by Gasteiger charge is 2.09. The SMILES string of the molecule is Cc1c(Cl)cnn1CCC(=O)Nc1ccn(Cc2cccc(Cl)c2)n1. The van der Waals surface area contributed by atoms with Gasteiger partial charge in [0.1, 0.15) is 0 Å². The molecule has 0 radical (unpaired) electrons. The number of nitrogens with zero attached hydrogens (tertiary/aromatic N) is 4. The fourth-order valence-electron chi connectivity index (χ4n) is 2.40. The Morgan fingerprint density at radius 2 is 2.12 bits per heavy atom. The van der Waals surface area contributed by atoms with Crippen molar-refractivity contribution >= 4 is 34.9 Å². The fraction of sp³-hybridized carbons (Fsp3) is 0.235. The molecule has 1 amide bonds. The molecule has 2 aromatic heterocycles. The number of benzene rings is 1. The largest absolute Gasteiger partial charge is 0.309 e. The topological polar surface area (TPSA) is 64.7 Å². The van der Waals surface area contributed by atoms with E-state index in [1.165, 1.54) is 0 Å². The van der Waals surface area contributed by atoms with Crippen molar-refractivity contribution in [1.29, 1.82) is 0 Å². The smallest absolute Gasteiger partial charge is 0.227 e. The highest BCUT2D eigenvalue weighted by atomic mass is 35.5. The van der Waals surface area contributed by atoms with Gasteiger partial charge in [-0.1, -0.05) is 35.3 Å². The summed E-state index contributed by atoms with van der Waals surface area (Å²) < 4.78 is 3.46. The summed E-state index contributed by atoms with van der Waals surface area (Å²) in [5.41, 5.74) is 1.89. The van der Waals surface area contributed by atoms with Crippen LogP contribution >= 0.6 is 23.2 Å². The van der Waals surface area contributed by atoms with Crippen LogP contribution in [-0.2, 0) is 17.9 Å². The van der Waals surface area contributed by atoms with Crippen LogP contribution in [0.15, 0.2) is 42.7 Å². The number of hydrogen-bond donors (Lipinski definition) is 1. The van der Waals surface area contributed by atoms with E-state index in [9.17, 15) is 4.79 Å². The molecule has 3 rings (SSSR count). The first-order chi connectivity index (χ1) is 12.0. The van der Waals surface area contributed by atoms with E-state index in [4.69, 9.17) is 23.2 Å². The molecule has 0 bridgehead atoms. The number of halogens is 2. The van der Waals surface area contributed by atoms with Gasteiger partial charge >= 0.3 is 0 Å². The second-order valence-corrected chi connectivity index (χ2v) is 6.47. The average Bonchev–Trinajstić information content (AvgIpc) is 3.13. The minimum atomic E-state index is -0.126. The maximum absolute atomic E-state index is 12.1. The van der Waals surface area contributed by atoms with Crippen LogP contribution in [0.5, 0.6) is 0 Å². The number of amides is 1. The number of aryl methyl sites for hydroxylation is 1. The van der Waals surface area contributed by atoms with Gasteiger partial charge in [-0.05, 0) is 24.6 Å². The van der Waals surface area contributed by atoms with Crippen LogP contribution in [0.3, 0.4) is 0 Å². The molecule has 0 atom stereocenters. The van der Waals surface area contributed by atoms with Crippen LogP contribution in [0.25, 0.3) is 0 Å². The Morgan fingerprint density at radius 1 is 1.28 bits per heavy atom. The summed E-state index contributed by atoms with van der Waals surface area (Å²) >= 11 is 11.9. The minimum Gasteiger partial charge on any atom is -0.309 e. The Morgan fingerprint density at radius 3 is 2.84 bits per heavy atom. The van der Waals surface area contributed by atoms with Crippen LogP contribution in [0, 0.1) is 6.92 Å². The van der Waals surface area contributed by atoms with Crippen molar-refractivity contribution in [2.24, 2.45) is 0 Å². The average molecular weight is 378 g/mol. The normalized spacial score (nSPS) is 10.8. The number of nitrogens with one attached hydrogen (secondary N) is 1. The molecule has 0 aliphatic carbocycles. The molecule has 1 N–H and O–H groups in total. The molecule has 0 unspecified atom stereocenters. The molecular weight excluding hydrogens is 361 g/mol. The first-order valence-electron chi connectivity index (χ1n) is 7.77. The number of aromatic nitrogens is 4. The number of hydrogen-bond acceptors (Lipinski definition) is 3. The van der Waals surface area contributed by atoms with E-state index in [2.05, 4.69) is 15.5 Å². The van der Waals surface area contributed by atoms with Crippen LogP contribution in [0.4, 0.5) is 5.82 Å². The Bertz CT molecular complexity index is 887. The lowest BCUT2D eigenvalue weighted by Crippen LogP contribution is -2.16. The lowest BCUT2D eigenvalue weighted by atomic mass is 10.2. The number of carbonyl (C=O) groups is 1. The van der Waals surface area contributed by atoms with Crippen LogP contribution in [0.2, 0.25) is 10.0 Å². The van der Waals surface area contributed by atoms with Crippen molar-refractivity contribution in [1.82, 2.24) is 19.6 Å². The highest BCUT2D eigenvalue weighted by molar-refractivity contribution is 6.31. The first kappa shape index (κ1) is 17.5. The van der Waals surface area contributed by atoms with Crippen molar-refractivity contribution in [3.63, 3.8) is 0 Å². The first-order valence-corrected chi connectivity index (χ1v) is 8.52. The van der Waals surface area contributed by atoms with Crippen LogP contribution < -0.4 is 5.32 Å².